The molecule has 0 bridgehead atoms. The summed E-state index contributed by atoms with van der Waals surface area (Å²) in [6.07, 6.45) is -1.38. The van der Waals surface area contributed by atoms with Crippen molar-refractivity contribution in [1.29, 1.82) is 0 Å². The predicted molar refractivity (Wildman–Crippen MR) is 162 cm³/mol. The van der Waals surface area contributed by atoms with E-state index >= 15 is 0 Å². The number of carboxylic acid groups (broad SMARTS) is 1. The molecule has 10 nitrogen and oxygen atoms in total. The molecule has 4 atom stereocenters. The van der Waals surface area contributed by atoms with Crippen LogP contribution in [0, 0.1) is 23.7 Å². The van der Waals surface area contributed by atoms with Gasteiger partial charge in [-0.05, 0) is 48.4 Å². The molecular formula is C33H47NO9. The lowest BCUT2D eigenvalue weighted by Crippen LogP contribution is -2.47. The van der Waals surface area contributed by atoms with Gasteiger partial charge in [0, 0.05) is 31.6 Å². The van der Waals surface area contributed by atoms with Gasteiger partial charge < -0.3 is 34.5 Å². The molecule has 0 aromatic heterocycles. The standard InChI is InChI=1S/C33H47NO9/c1-21(2)25(31(36)24-13-14-29(41-6)30(17-24)42-16-10-15-40-5)18-27(28(35)19-26(22(3)4)32(37)38)34-33(39)43-20-23-11-8-7-9-12-23/h7-9,11-14,17,21-22,25-28,35H,10,15-16,18-20H2,1-6H3,(H,34,39)(H,37,38)/t25-,26-,27-,28-/m0/s1. The Kier molecular flexibility index (Phi) is 15.0. The Morgan fingerprint density at radius 3 is 2.12 bits per heavy atom. The molecule has 1 amide bonds. The maximum atomic E-state index is 13.9. The Hall–Kier alpha value is -3.63. The van der Waals surface area contributed by atoms with Crippen LogP contribution in [0.5, 0.6) is 11.5 Å². The summed E-state index contributed by atoms with van der Waals surface area (Å²) in [5, 5.41) is 23.7. The number of ether oxygens (including phenoxy) is 4. The average molecular weight is 602 g/mol. The molecule has 0 radical (unpaired) electrons. The molecule has 2 aromatic carbocycles. The van der Waals surface area contributed by atoms with Gasteiger partial charge in [-0.2, -0.15) is 0 Å². The van der Waals surface area contributed by atoms with Crippen molar-refractivity contribution in [2.75, 3.05) is 27.4 Å². The van der Waals surface area contributed by atoms with Crippen LogP contribution in [0.4, 0.5) is 4.79 Å². The van der Waals surface area contributed by atoms with Crippen LogP contribution < -0.4 is 14.8 Å². The summed E-state index contributed by atoms with van der Waals surface area (Å²) in [5.74, 6) is -2.20. The number of aliphatic hydroxyl groups is 1. The van der Waals surface area contributed by atoms with Gasteiger partial charge in [0.05, 0.1) is 31.8 Å². The lowest BCUT2D eigenvalue weighted by molar-refractivity contribution is -0.144. The van der Waals surface area contributed by atoms with Gasteiger partial charge in [-0.3, -0.25) is 9.59 Å². The van der Waals surface area contributed by atoms with Crippen LogP contribution in [0.3, 0.4) is 0 Å². The predicted octanol–water partition coefficient (Wildman–Crippen LogP) is 5.36. The van der Waals surface area contributed by atoms with E-state index in [-0.39, 0.29) is 37.1 Å². The molecule has 0 aliphatic rings. The quantitative estimate of drug-likeness (QED) is 0.143. The minimum Gasteiger partial charge on any atom is -0.493 e. The molecule has 0 spiro atoms. The fourth-order valence-electron chi connectivity index (χ4n) is 4.81. The molecule has 0 aliphatic heterocycles. The first-order valence-electron chi connectivity index (χ1n) is 14.7. The Balaban J connectivity index is 2.30. The lowest BCUT2D eigenvalue weighted by atomic mass is 9.80. The number of methoxy groups -OCH3 is 2. The van der Waals surface area contributed by atoms with Crippen LogP contribution in [0.1, 0.15) is 62.9 Å². The van der Waals surface area contributed by atoms with E-state index in [4.69, 9.17) is 18.9 Å². The first-order valence-corrected chi connectivity index (χ1v) is 14.7. The zero-order valence-electron chi connectivity index (χ0n) is 26.1. The summed E-state index contributed by atoms with van der Waals surface area (Å²) >= 11 is 0. The molecule has 238 valence electrons. The topological polar surface area (TPSA) is 141 Å². The highest BCUT2D eigenvalue weighted by atomic mass is 16.5. The molecule has 0 saturated carbocycles. The summed E-state index contributed by atoms with van der Waals surface area (Å²) < 4.78 is 21.7. The third-order valence-electron chi connectivity index (χ3n) is 7.45. The average Bonchev–Trinajstić information content (AvgIpc) is 2.98. The maximum Gasteiger partial charge on any atom is 0.407 e. The molecule has 0 fully saturated rings. The van der Waals surface area contributed by atoms with Crippen LogP contribution in [0.2, 0.25) is 0 Å². The fourth-order valence-corrected chi connectivity index (χ4v) is 4.81. The maximum absolute atomic E-state index is 13.9. The van der Waals surface area contributed by atoms with Crippen LogP contribution >= 0.6 is 0 Å². The van der Waals surface area contributed by atoms with E-state index in [2.05, 4.69) is 5.32 Å². The fraction of sp³-hybridized carbons (Fsp3) is 0.545. The molecule has 43 heavy (non-hydrogen) atoms. The number of carbonyl (C=O) groups is 3. The number of aliphatic hydroxyl groups excluding tert-OH is 1. The number of alkyl carbamates (subject to hydrolysis) is 1. The van der Waals surface area contributed by atoms with E-state index in [1.54, 1.807) is 39.2 Å². The number of nitrogens with one attached hydrogen (secondary N) is 1. The van der Waals surface area contributed by atoms with Gasteiger partial charge in [0.15, 0.2) is 17.3 Å². The Bertz CT molecular complexity index is 1150. The van der Waals surface area contributed by atoms with Crippen molar-refractivity contribution in [2.24, 2.45) is 23.7 Å². The van der Waals surface area contributed by atoms with Crippen molar-refractivity contribution in [3.05, 3.63) is 59.7 Å². The molecular weight excluding hydrogens is 554 g/mol. The Morgan fingerprint density at radius 2 is 1.53 bits per heavy atom. The summed E-state index contributed by atoms with van der Waals surface area (Å²) in [6.45, 7) is 8.23. The molecule has 3 N–H and O–H groups in total. The van der Waals surface area contributed by atoms with Crippen molar-refractivity contribution in [3.63, 3.8) is 0 Å². The Morgan fingerprint density at radius 1 is 0.860 bits per heavy atom. The van der Waals surface area contributed by atoms with Gasteiger partial charge in [-0.15, -0.1) is 0 Å². The number of rotatable bonds is 19. The number of carboxylic acids is 1. The molecule has 0 unspecified atom stereocenters. The number of aliphatic carboxylic acids is 1. The van der Waals surface area contributed by atoms with E-state index in [0.29, 0.717) is 36.7 Å². The second kappa shape index (κ2) is 18.1. The third-order valence-corrected chi connectivity index (χ3v) is 7.45. The van der Waals surface area contributed by atoms with Gasteiger partial charge in [0.25, 0.3) is 0 Å². The van der Waals surface area contributed by atoms with Crippen molar-refractivity contribution in [1.82, 2.24) is 5.32 Å². The van der Waals surface area contributed by atoms with Crippen LogP contribution in [-0.4, -0.2) is 67.6 Å². The molecule has 0 aliphatic carbocycles. The largest absolute Gasteiger partial charge is 0.493 e. The number of carbonyl (C=O) groups excluding carboxylic acids is 2. The number of Topliss-reactive ketones (excluding diaryl/α,β-unsaturated/α-hetero) is 1. The van der Waals surface area contributed by atoms with Gasteiger partial charge in [-0.1, -0.05) is 58.0 Å². The molecule has 2 rings (SSSR count). The second-order valence-electron chi connectivity index (χ2n) is 11.3. The van der Waals surface area contributed by atoms with E-state index in [9.17, 15) is 24.6 Å². The van der Waals surface area contributed by atoms with E-state index in [1.165, 1.54) is 7.11 Å². The van der Waals surface area contributed by atoms with Gasteiger partial charge >= 0.3 is 12.1 Å². The van der Waals surface area contributed by atoms with E-state index < -0.39 is 36.0 Å². The highest BCUT2D eigenvalue weighted by Gasteiger charge is 2.35. The van der Waals surface area contributed by atoms with Crippen molar-refractivity contribution < 1.29 is 43.5 Å². The summed E-state index contributed by atoms with van der Waals surface area (Å²) in [5.41, 5.74) is 1.18. The van der Waals surface area contributed by atoms with Gasteiger partial charge in [0.1, 0.15) is 6.61 Å². The van der Waals surface area contributed by atoms with E-state index in [1.807, 2.05) is 44.2 Å². The smallest absolute Gasteiger partial charge is 0.407 e. The summed E-state index contributed by atoms with van der Waals surface area (Å²) in [4.78, 5) is 38.6. The lowest BCUT2D eigenvalue weighted by Gasteiger charge is -2.31. The number of hydrogen-bond acceptors (Lipinski definition) is 8. The summed E-state index contributed by atoms with van der Waals surface area (Å²) in [7, 11) is 3.13. The summed E-state index contributed by atoms with van der Waals surface area (Å²) in [6, 6.07) is 13.2. The number of ketones is 1. The minimum absolute atomic E-state index is 0.0186. The normalized spacial score (nSPS) is 14.1. The first-order chi connectivity index (χ1) is 20.5. The monoisotopic (exact) mass is 601 g/mol. The zero-order valence-corrected chi connectivity index (χ0v) is 26.1. The van der Waals surface area contributed by atoms with Crippen LogP contribution in [0.25, 0.3) is 0 Å². The Labute approximate surface area is 254 Å². The highest BCUT2D eigenvalue weighted by molar-refractivity contribution is 5.98. The van der Waals surface area contributed by atoms with Gasteiger partial charge in [0.2, 0.25) is 0 Å². The minimum atomic E-state index is -1.24. The number of amides is 1. The van der Waals surface area contributed by atoms with Gasteiger partial charge in [-0.25, -0.2) is 4.79 Å². The first kappa shape index (κ1) is 35.6. The second-order valence-corrected chi connectivity index (χ2v) is 11.3. The van der Waals surface area contributed by atoms with Crippen LogP contribution in [-0.2, 0) is 20.9 Å². The van der Waals surface area contributed by atoms with Crippen molar-refractivity contribution >= 4 is 17.8 Å². The molecule has 10 heteroatoms. The third kappa shape index (κ3) is 11.5. The van der Waals surface area contributed by atoms with Crippen molar-refractivity contribution in [2.45, 2.75) is 65.7 Å². The number of benzene rings is 2. The molecule has 2 aromatic rings. The van der Waals surface area contributed by atoms with E-state index in [0.717, 1.165) is 5.56 Å². The van der Waals surface area contributed by atoms with Crippen molar-refractivity contribution in [3.8, 4) is 11.5 Å². The zero-order chi connectivity index (χ0) is 31.9. The SMILES string of the molecule is COCCCOc1cc(C(=O)[C@@H](C[C@H](NC(=O)OCc2ccccc2)[C@@H](O)C[C@H](C(=O)O)C(C)C)C(C)C)ccc1OC. The molecule has 0 heterocycles. The number of hydrogen-bond donors (Lipinski definition) is 3. The highest BCUT2D eigenvalue weighted by Crippen LogP contribution is 2.32. The van der Waals surface area contributed by atoms with Crippen LogP contribution in [0.15, 0.2) is 48.5 Å². The molecule has 0 saturated heterocycles.